The van der Waals surface area contributed by atoms with Crippen molar-refractivity contribution in [3.8, 4) is 0 Å². The predicted molar refractivity (Wildman–Crippen MR) is 99.8 cm³/mol. The van der Waals surface area contributed by atoms with Crippen molar-refractivity contribution in [1.82, 2.24) is 9.55 Å². The second kappa shape index (κ2) is 6.72. The number of carbonyl (C=O) groups is 1. The molecular weight excluding hydrogens is 342 g/mol. The molecule has 1 aliphatic carbocycles. The van der Waals surface area contributed by atoms with Gasteiger partial charge in [0.15, 0.2) is 5.16 Å². The standard InChI is InChI=1S/C17H21N3O2S2/c1-4-7-20-16(22)13-11-6-5-9(2)8-12(11)24-15(13)19-17(20)23-10(3)14(18)21/h4,9-10H,1,5-8H2,2-3H3,(H2,18,21)/t9-,10+/m1/s1. The van der Waals surface area contributed by atoms with E-state index in [0.29, 0.717) is 17.6 Å². The number of hydrogen-bond acceptors (Lipinski definition) is 5. The third-order valence-electron chi connectivity index (χ3n) is 4.37. The van der Waals surface area contributed by atoms with Crippen LogP contribution in [0.5, 0.6) is 0 Å². The Morgan fingerprint density at radius 1 is 1.62 bits per heavy atom. The van der Waals surface area contributed by atoms with Crippen LogP contribution in [-0.4, -0.2) is 20.7 Å². The highest BCUT2D eigenvalue weighted by Crippen LogP contribution is 2.36. The van der Waals surface area contributed by atoms with E-state index in [1.54, 1.807) is 28.9 Å². The highest BCUT2D eigenvalue weighted by Gasteiger charge is 2.25. The number of primary amides is 1. The van der Waals surface area contributed by atoms with Gasteiger partial charge in [0.1, 0.15) is 4.83 Å². The molecule has 5 nitrogen and oxygen atoms in total. The Labute approximate surface area is 149 Å². The van der Waals surface area contributed by atoms with E-state index in [1.165, 1.54) is 22.2 Å². The van der Waals surface area contributed by atoms with Crippen molar-refractivity contribution in [3.63, 3.8) is 0 Å². The summed E-state index contributed by atoms with van der Waals surface area (Å²) in [7, 11) is 0. The molecule has 0 radical (unpaired) electrons. The molecule has 0 unspecified atom stereocenters. The summed E-state index contributed by atoms with van der Waals surface area (Å²) in [4.78, 5) is 31.2. The molecular formula is C17H21N3O2S2. The van der Waals surface area contributed by atoms with Crippen molar-refractivity contribution in [1.29, 1.82) is 0 Å². The lowest BCUT2D eigenvalue weighted by Gasteiger charge is -2.17. The molecule has 0 bridgehead atoms. The first-order chi connectivity index (χ1) is 11.4. The van der Waals surface area contributed by atoms with Crippen LogP contribution in [0.4, 0.5) is 0 Å². The average molecular weight is 364 g/mol. The van der Waals surface area contributed by atoms with Gasteiger partial charge in [-0.2, -0.15) is 0 Å². The quantitative estimate of drug-likeness (QED) is 0.503. The fourth-order valence-electron chi connectivity index (χ4n) is 3.00. The van der Waals surface area contributed by atoms with Crippen LogP contribution in [0.3, 0.4) is 0 Å². The van der Waals surface area contributed by atoms with Crippen LogP contribution in [-0.2, 0) is 24.2 Å². The van der Waals surface area contributed by atoms with Gasteiger partial charge in [0.2, 0.25) is 5.91 Å². The molecule has 2 atom stereocenters. The van der Waals surface area contributed by atoms with Crippen molar-refractivity contribution < 1.29 is 4.79 Å². The van der Waals surface area contributed by atoms with Crippen LogP contribution < -0.4 is 11.3 Å². The number of thioether (sulfide) groups is 1. The Bertz CT molecular complexity index is 869. The molecule has 1 amide bonds. The monoisotopic (exact) mass is 363 g/mol. The number of aromatic nitrogens is 2. The maximum Gasteiger partial charge on any atom is 0.263 e. The number of hydrogen-bond donors (Lipinski definition) is 1. The Kier molecular flexibility index (Phi) is 4.83. The van der Waals surface area contributed by atoms with Gasteiger partial charge in [-0.3, -0.25) is 14.2 Å². The number of allylic oxidation sites excluding steroid dienone is 1. The zero-order chi connectivity index (χ0) is 17.4. The van der Waals surface area contributed by atoms with Gasteiger partial charge in [-0.1, -0.05) is 24.8 Å². The van der Waals surface area contributed by atoms with Gasteiger partial charge >= 0.3 is 0 Å². The molecule has 7 heteroatoms. The van der Waals surface area contributed by atoms with E-state index in [-0.39, 0.29) is 5.56 Å². The smallest absolute Gasteiger partial charge is 0.263 e. The number of thiophene rings is 1. The Morgan fingerprint density at radius 3 is 3.04 bits per heavy atom. The van der Waals surface area contributed by atoms with Crippen molar-refractivity contribution in [2.75, 3.05) is 0 Å². The predicted octanol–water partition coefficient (Wildman–Crippen LogP) is 2.73. The molecule has 128 valence electrons. The first-order valence-electron chi connectivity index (χ1n) is 8.04. The fraction of sp³-hybridized carbons (Fsp3) is 0.471. The SMILES string of the molecule is C=CCn1c(S[C@@H](C)C(N)=O)nc2sc3c(c2c1=O)CC[C@@H](C)C3. The average Bonchev–Trinajstić information content (AvgIpc) is 2.88. The number of fused-ring (bicyclic) bond motifs is 3. The van der Waals surface area contributed by atoms with Gasteiger partial charge in [-0.25, -0.2) is 4.98 Å². The number of nitrogens with two attached hydrogens (primary N) is 1. The third kappa shape index (κ3) is 3.02. The molecule has 0 saturated carbocycles. The van der Waals surface area contributed by atoms with Crippen molar-refractivity contribution in [2.24, 2.45) is 11.7 Å². The molecule has 0 spiro atoms. The topological polar surface area (TPSA) is 78.0 Å². The maximum atomic E-state index is 13.1. The summed E-state index contributed by atoms with van der Waals surface area (Å²) in [5.41, 5.74) is 6.49. The number of nitrogens with zero attached hydrogens (tertiary/aromatic N) is 2. The third-order valence-corrected chi connectivity index (χ3v) is 6.63. The van der Waals surface area contributed by atoms with Crippen LogP contribution >= 0.6 is 23.1 Å². The lowest BCUT2D eigenvalue weighted by molar-refractivity contribution is -0.117. The lowest BCUT2D eigenvalue weighted by atomic mass is 9.89. The highest BCUT2D eigenvalue weighted by atomic mass is 32.2. The molecule has 0 aliphatic heterocycles. The number of rotatable bonds is 5. The fourth-order valence-corrected chi connectivity index (χ4v) is 5.29. The minimum Gasteiger partial charge on any atom is -0.369 e. The number of carbonyl (C=O) groups excluding carboxylic acids is 1. The van der Waals surface area contributed by atoms with Gasteiger partial charge in [-0.15, -0.1) is 17.9 Å². The summed E-state index contributed by atoms with van der Waals surface area (Å²) in [6, 6.07) is 0. The molecule has 2 aromatic heterocycles. The summed E-state index contributed by atoms with van der Waals surface area (Å²) in [6.07, 6.45) is 4.73. The van der Waals surface area contributed by atoms with Gasteiger partial charge in [0.25, 0.3) is 5.56 Å². The summed E-state index contributed by atoms with van der Waals surface area (Å²) in [5, 5.41) is 0.838. The molecule has 0 aromatic carbocycles. The van der Waals surface area contributed by atoms with Gasteiger partial charge in [-0.05, 0) is 37.7 Å². The maximum absolute atomic E-state index is 13.1. The Morgan fingerprint density at radius 2 is 2.38 bits per heavy atom. The van der Waals surface area contributed by atoms with E-state index in [1.807, 2.05) is 0 Å². The van der Waals surface area contributed by atoms with E-state index in [0.717, 1.165) is 29.5 Å². The minimum absolute atomic E-state index is 0.0360. The van der Waals surface area contributed by atoms with Crippen LogP contribution in [0, 0.1) is 5.92 Å². The molecule has 2 N–H and O–H groups in total. The van der Waals surface area contributed by atoms with E-state index < -0.39 is 11.2 Å². The van der Waals surface area contributed by atoms with Crippen molar-refractivity contribution in [3.05, 3.63) is 33.4 Å². The summed E-state index contributed by atoms with van der Waals surface area (Å²) < 4.78 is 1.60. The normalized spacial score (nSPS) is 18.3. The summed E-state index contributed by atoms with van der Waals surface area (Å²) in [5.74, 6) is 0.225. The van der Waals surface area contributed by atoms with Gasteiger partial charge in [0, 0.05) is 11.4 Å². The van der Waals surface area contributed by atoms with Crippen LogP contribution in [0.15, 0.2) is 22.6 Å². The van der Waals surface area contributed by atoms with Crippen LogP contribution in [0.25, 0.3) is 10.2 Å². The first kappa shape index (κ1) is 17.2. The minimum atomic E-state index is -0.444. The molecule has 1 aliphatic rings. The zero-order valence-electron chi connectivity index (χ0n) is 13.9. The molecule has 0 fully saturated rings. The van der Waals surface area contributed by atoms with E-state index >= 15 is 0 Å². The summed E-state index contributed by atoms with van der Waals surface area (Å²) in [6.45, 7) is 8.07. The zero-order valence-corrected chi connectivity index (χ0v) is 15.5. The van der Waals surface area contributed by atoms with Crippen molar-refractivity contribution in [2.45, 2.75) is 50.1 Å². The number of aryl methyl sites for hydroxylation is 1. The largest absolute Gasteiger partial charge is 0.369 e. The summed E-state index contributed by atoms with van der Waals surface area (Å²) >= 11 is 2.84. The lowest BCUT2D eigenvalue weighted by Crippen LogP contribution is -2.27. The second-order valence-corrected chi connectivity index (χ2v) is 8.68. The van der Waals surface area contributed by atoms with Crippen LogP contribution in [0.1, 0.15) is 30.7 Å². The van der Waals surface area contributed by atoms with Crippen molar-refractivity contribution >= 4 is 39.2 Å². The van der Waals surface area contributed by atoms with Crippen LogP contribution in [0.2, 0.25) is 0 Å². The second-order valence-electron chi connectivity index (χ2n) is 6.29. The molecule has 2 aromatic rings. The molecule has 2 heterocycles. The van der Waals surface area contributed by atoms with Gasteiger partial charge in [0.05, 0.1) is 10.6 Å². The van der Waals surface area contributed by atoms with E-state index in [2.05, 4.69) is 13.5 Å². The molecule has 3 rings (SSSR count). The highest BCUT2D eigenvalue weighted by molar-refractivity contribution is 8.00. The van der Waals surface area contributed by atoms with E-state index in [9.17, 15) is 9.59 Å². The Balaban J connectivity index is 2.18. The Hall–Kier alpha value is -1.60. The van der Waals surface area contributed by atoms with Gasteiger partial charge < -0.3 is 5.73 Å². The van der Waals surface area contributed by atoms with E-state index in [4.69, 9.17) is 10.7 Å². The molecule has 24 heavy (non-hydrogen) atoms. The number of amides is 1. The molecule has 0 saturated heterocycles. The first-order valence-corrected chi connectivity index (χ1v) is 9.74.